The van der Waals surface area contributed by atoms with E-state index >= 15 is 0 Å². The largest absolute Gasteiger partial charge is 0.481 e. The van der Waals surface area contributed by atoms with Crippen molar-refractivity contribution in [2.24, 2.45) is 5.41 Å². The number of rotatable bonds is 4. The molecular formula is C10H11ClN4O3. The fourth-order valence-corrected chi connectivity index (χ4v) is 1.51. The molecule has 0 bridgehead atoms. The van der Waals surface area contributed by atoms with Crippen molar-refractivity contribution in [2.75, 3.05) is 0 Å². The van der Waals surface area contributed by atoms with Gasteiger partial charge in [-0.1, -0.05) is 0 Å². The van der Waals surface area contributed by atoms with E-state index < -0.39 is 11.4 Å². The van der Waals surface area contributed by atoms with Crippen molar-refractivity contribution in [2.45, 2.75) is 20.4 Å². The molecule has 0 atom stereocenters. The molecule has 0 aliphatic carbocycles. The first-order valence-electron chi connectivity index (χ1n) is 5.15. The minimum Gasteiger partial charge on any atom is -0.481 e. The molecule has 1 N–H and O–H groups in total. The summed E-state index contributed by atoms with van der Waals surface area (Å²) in [6, 6.07) is 3.19. The quantitative estimate of drug-likeness (QED) is 0.909. The second kappa shape index (κ2) is 4.41. The molecule has 0 aliphatic rings. The van der Waals surface area contributed by atoms with Gasteiger partial charge in [0, 0.05) is 0 Å². The molecule has 7 nitrogen and oxygen atoms in total. The lowest BCUT2D eigenvalue weighted by molar-refractivity contribution is -0.147. The molecule has 2 rings (SSSR count). The fourth-order valence-electron chi connectivity index (χ4n) is 1.36. The number of carboxylic acids is 1. The third kappa shape index (κ3) is 2.35. The molecule has 0 amide bonds. The van der Waals surface area contributed by atoms with Crippen molar-refractivity contribution in [3.05, 3.63) is 17.4 Å². The van der Waals surface area contributed by atoms with Crippen LogP contribution in [0.2, 0.25) is 5.22 Å². The number of hydrogen-bond donors (Lipinski definition) is 1. The van der Waals surface area contributed by atoms with Gasteiger partial charge in [-0.25, -0.2) is 4.68 Å². The fraction of sp³-hybridized carbons (Fsp3) is 0.400. The summed E-state index contributed by atoms with van der Waals surface area (Å²) in [5.41, 5.74) is -0.986. The predicted octanol–water partition coefficient (Wildman–Crippen LogP) is 1.70. The van der Waals surface area contributed by atoms with Gasteiger partial charge >= 0.3 is 5.97 Å². The van der Waals surface area contributed by atoms with Crippen LogP contribution < -0.4 is 0 Å². The van der Waals surface area contributed by atoms with Gasteiger partial charge in [0.25, 0.3) is 0 Å². The maximum Gasteiger partial charge on any atom is 0.310 e. The second-order valence-corrected chi connectivity index (χ2v) is 4.83. The van der Waals surface area contributed by atoms with Crippen molar-refractivity contribution in [1.82, 2.24) is 20.2 Å². The normalized spacial score (nSPS) is 11.7. The summed E-state index contributed by atoms with van der Waals surface area (Å²) in [6.45, 7) is 3.31. The summed E-state index contributed by atoms with van der Waals surface area (Å²) in [5.74, 6) is -0.191. The SMILES string of the molecule is CC(C)(Cn1nnnc1-c1ccc(Cl)o1)C(=O)O. The minimum absolute atomic E-state index is 0.128. The van der Waals surface area contributed by atoms with E-state index in [1.807, 2.05) is 0 Å². The van der Waals surface area contributed by atoms with Gasteiger partial charge in [-0.15, -0.1) is 5.10 Å². The molecule has 2 aromatic heterocycles. The van der Waals surface area contributed by atoms with Crippen molar-refractivity contribution in [1.29, 1.82) is 0 Å². The maximum atomic E-state index is 11.1. The van der Waals surface area contributed by atoms with Gasteiger partial charge in [-0.2, -0.15) is 0 Å². The zero-order valence-electron chi connectivity index (χ0n) is 9.79. The number of hydrogen-bond acceptors (Lipinski definition) is 5. The van der Waals surface area contributed by atoms with Crippen LogP contribution >= 0.6 is 11.6 Å². The zero-order chi connectivity index (χ0) is 13.3. The molecular weight excluding hydrogens is 260 g/mol. The van der Waals surface area contributed by atoms with E-state index in [4.69, 9.17) is 21.1 Å². The molecule has 0 unspecified atom stereocenters. The molecule has 0 fully saturated rings. The zero-order valence-corrected chi connectivity index (χ0v) is 10.5. The van der Waals surface area contributed by atoms with Crippen molar-refractivity contribution < 1.29 is 14.3 Å². The smallest absolute Gasteiger partial charge is 0.310 e. The first kappa shape index (κ1) is 12.6. The predicted molar refractivity (Wildman–Crippen MR) is 61.9 cm³/mol. The number of halogens is 1. The maximum absolute atomic E-state index is 11.1. The molecule has 2 heterocycles. The average molecular weight is 271 g/mol. The van der Waals surface area contributed by atoms with Crippen molar-refractivity contribution >= 4 is 17.6 Å². The number of aromatic nitrogens is 4. The first-order chi connectivity index (χ1) is 8.40. The Balaban J connectivity index is 2.32. The van der Waals surface area contributed by atoms with Crippen LogP contribution in [0, 0.1) is 5.41 Å². The van der Waals surface area contributed by atoms with Crippen molar-refractivity contribution in [3.63, 3.8) is 0 Å². The van der Waals surface area contributed by atoms with Gasteiger partial charge in [0.05, 0.1) is 12.0 Å². The van der Waals surface area contributed by atoms with Crippen LogP contribution in [-0.4, -0.2) is 31.3 Å². The topological polar surface area (TPSA) is 94.0 Å². The molecule has 96 valence electrons. The highest BCUT2D eigenvalue weighted by molar-refractivity contribution is 6.28. The number of aliphatic carboxylic acids is 1. The number of nitrogens with zero attached hydrogens (tertiary/aromatic N) is 4. The van der Waals surface area contributed by atoms with Gasteiger partial charge < -0.3 is 9.52 Å². The third-order valence-electron chi connectivity index (χ3n) is 2.45. The van der Waals surface area contributed by atoms with Crippen LogP contribution in [0.3, 0.4) is 0 Å². The van der Waals surface area contributed by atoms with E-state index in [0.717, 1.165) is 0 Å². The molecule has 0 spiro atoms. The number of furan rings is 1. The Morgan fingerprint density at radius 2 is 2.28 bits per heavy atom. The lowest BCUT2D eigenvalue weighted by Gasteiger charge is -2.18. The van der Waals surface area contributed by atoms with E-state index in [9.17, 15) is 4.79 Å². The molecule has 0 saturated carbocycles. The Kier molecular flexibility index (Phi) is 3.08. The summed E-state index contributed by atoms with van der Waals surface area (Å²) >= 11 is 5.67. The summed E-state index contributed by atoms with van der Waals surface area (Å²) in [4.78, 5) is 11.1. The van der Waals surface area contributed by atoms with E-state index in [1.165, 1.54) is 4.68 Å². The summed E-state index contributed by atoms with van der Waals surface area (Å²) in [6.07, 6.45) is 0. The van der Waals surface area contributed by atoms with E-state index in [2.05, 4.69) is 15.5 Å². The van der Waals surface area contributed by atoms with E-state index in [1.54, 1.807) is 26.0 Å². The van der Waals surface area contributed by atoms with Gasteiger partial charge in [0.15, 0.2) is 11.0 Å². The number of carbonyl (C=O) groups is 1. The Labute approximate surface area is 107 Å². The van der Waals surface area contributed by atoms with Crippen LogP contribution in [0.5, 0.6) is 0 Å². The van der Waals surface area contributed by atoms with Crippen LogP contribution in [0.15, 0.2) is 16.5 Å². The summed E-state index contributed by atoms with van der Waals surface area (Å²) < 4.78 is 6.58. The lowest BCUT2D eigenvalue weighted by atomic mass is 9.94. The van der Waals surface area contributed by atoms with Gasteiger partial charge in [0.2, 0.25) is 5.82 Å². The average Bonchev–Trinajstić information content (AvgIpc) is 2.86. The lowest BCUT2D eigenvalue weighted by Crippen LogP contribution is -2.30. The molecule has 0 saturated heterocycles. The second-order valence-electron chi connectivity index (χ2n) is 4.45. The Morgan fingerprint density at radius 3 is 2.83 bits per heavy atom. The molecule has 18 heavy (non-hydrogen) atoms. The number of carboxylic acid groups (broad SMARTS) is 1. The highest BCUT2D eigenvalue weighted by Crippen LogP contribution is 2.25. The van der Waals surface area contributed by atoms with E-state index in [0.29, 0.717) is 11.6 Å². The van der Waals surface area contributed by atoms with Crippen LogP contribution in [0.4, 0.5) is 0 Å². The van der Waals surface area contributed by atoms with Crippen LogP contribution in [-0.2, 0) is 11.3 Å². The molecule has 2 aromatic rings. The van der Waals surface area contributed by atoms with Gasteiger partial charge in [0.1, 0.15) is 0 Å². The standard InChI is InChI=1S/C10H11ClN4O3/c1-10(2,9(16)17)5-15-8(12-13-14-15)6-3-4-7(11)18-6/h3-4H,5H2,1-2H3,(H,16,17). The monoisotopic (exact) mass is 270 g/mol. The molecule has 0 aromatic carbocycles. The Morgan fingerprint density at radius 1 is 1.56 bits per heavy atom. The molecule has 0 aliphatic heterocycles. The highest BCUT2D eigenvalue weighted by Gasteiger charge is 2.30. The summed E-state index contributed by atoms with van der Waals surface area (Å²) in [5, 5.41) is 20.4. The Hall–Kier alpha value is -1.89. The third-order valence-corrected chi connectivity index (χ3v) is 2.65. The minimum atomic E-state index is -0.986. The first-order valence-corrected chi connectivity index (χ1v) is 5.53. The van der Waals surface area contributed by atoms with Gasteiger partial charge in [-0.3, -0.25) is 4.79 Å². The van der Waals surface area contributed by atoms with Gasteiger partial charge in [-0.05, 0) is 48.0 Å². The molecule has 0 radical (unpaired) electrons. The highest BCUT2D eigenvalue weighted by atomic mass is 35.5. The van der Waals surface area contributed by atoms with E-state index in [-0.39, 0.29) is 11.8 Å². The van der Waals surface area contributed by atoms with Crippen LogP contribution in [0.25, 0.3) is 11.6 Å². The summed E-state index contributed by atoms with van der Waals surface area (Å²) in [7, 11) is 0. The van der Waals surface area contributed by atoms with Crippen LogP contribution in [0.1, 0.15) is 13.8 Å². The Bertz CT molecular complexity index is 575. The molecule has 8 heteroatoms. The number of tetrazole rings is 1. The van der Waals surface area contributed by atoms with Crippen molar-refractivity contribution in [3.8, 4) is 11.6 Å².